The third kappa shape index (κ3) is 4.12. The summed E-state index contributed by atoms with van der Waals surface area (Å²) in [7, 11) is -3.73. The predicted molar refractivity (Wildman–Crippen MR) is 99.5 cm³/mol. The number of primary sulfonamides is 1. The first-order valence-electron chi connectivity index (χ1n) is 8.39. The van der Waals surface area contributed by atoms with E-state index in [0.29, 0.717) is 18.2 Å². The van der Waals surface area contributed by atoms with E-state index in [-0.39, 0.29) is 17.5 Å². The minimum atomic E-state index is -3.73. The van der Waals surface area contributed by atoms with Crippen molar-refractivity contribution >= 4 is 21.7 Å². The van der Waals surface area contributed by atoms with Gasteiger partial charge in [0.2, 0.25) is 10.0 Å². The number of anilines is 2. The van der Waals surface area contributed by atoms with Crippen LogP contribution in [0, 0.1) is 6.92 Å². The maximum absolute atomic E-state index is 11.6. The van der Waals surface area contributed by atoms with Gasteiger partial charge >= 0.3 is 0 Å². The van der Waals surface area contributed by atoms with Crippen LogP contribution in [0.25, 0.3) is 0 Å². The van der Waals surface area contributed by atoms with Crippen LogP contribution in [-0.2, 0) is 23.0 Å². The Morgan fingerprint density at radius 1 is 1.31 bits per heavy atom. The van der Waals surface area contributed by atoms with Crippen LogP contribution in [0.5, 0.6) is 0 Å². The number of fused-ring (bicyclic) bond motifs is 1. The van der Waals surface area contributed by atoms with Crippen molar-refractivity contribution in [2.24, 2.45) is 5.14 Å². The predicted octanol–water partition coefficient (Wildman–Crippen LogP) is 0.788. The van der Waals surface area contributed by atoms with Crippen LogP contribution in [0.4, 0.5) is 11.6 Å². The molecule has 2 heterocycles. The van der Waals surface area contributed by atoms with Crippen LogP contribution in [0.1, 0.15) is 23.9 Å². The Bertz CT molecular complexity index is 917. The van der Waals surface area contributed by atoms with Crippen LogP contribution in [0.2, 0.25) is 0 Å². The highest BCUT2D eigenvalue weighted by atomic mass is 32.2. The maximum Gasteiger partial charge on any atom is 0.238 e. The molecular weight excluding hydrogens is 354 g/mol. The maximum atomic E-state index is 11.6. The Morgan fingerprint density at radius 2 is 2.08 bits per heavy atom. The highest BCUT2D eigenvalue weighted by Gasteiger charge is 2.21. The molecule has 0 saturated heterocycles. The Balaban J connectivity index is 1.88. The van der Waals surface area contributed by atoms with E-state index < -0.39 is 10.0 Å². The van der Waals surface area contributed by atoms with E-state index in [0.717, 1.165) is 29.9 Å². The zero-order valence-electron chi connectivity index (χ0n) is 14.8. The standard InChI is InChI=1S/C17H23N5O3S/c1-11(10-23)19-16-8-17(21-12(2)20-16)22-6-5-13-3-4-15(26(18,24)25)7-14(13)9-22/h3-4,7-8,11,23H,5-6,9-10H2,1-2H3,(H2,18,24,25)(H,19,20,21)/t11-/m0/s1. The summed E-state index contributed by atoms with van der Waals surface area (Å²) in [5.41, 5.74) is 2.05. The molecule has 140 valence electrons. The quantitative estimate of drug-likeness (QED) is 0.704. The molecule has 2 aromatic rings. The number of nitrogens with two attached hydrogens (primary N) is 1. The molecule has 3 rings (SSSR count). The Labute approximate surface area is 153 Å². The molecule has 0 unspecified atom stereocenters. The van der Waals surface area contributed by atoms with Crippen LogP contribution < -0.4 is 15.4 Å². The van der Waals surface area contributed by atoms with E-state index in [4.69, 9.17) is 5.14 Å². The summed E-state index contributed by atoms with van der Waals surface area (Å²) < 4.78 is 23.2. The molecule has 0 fully saturated rings. The SMILES string of the molecule is Cc1nc(N[C@@H](C)CO)cc(N2CCc3ccc(S(N)(=O)=O)cc3C2)n1. The molecule has 0 spiro atoms. The number of benzene rings is 1. The molecule has 8 nitrogen and oxygen atoms in total. The summed E-state index contributed by atoms with van der Waals surface area (Å²) in [6.07, 6.45) is 0.791. The fourth-order valence-corrected chi connectivity index (χ4v) is 3.56. The normalized spacial score (nSPS) is 15.5. The lowest BCUT2D eigenvalue weighted by atomic mass is 10.00. The average molecular weight is 377 g/mol. The van der Waals surface area contributed by atoms with Gasteiger partial charge in [-0.3, -0.25) is 0 Å². The van der Waals surface area contributed by atoms with Gasteiger partial charge in [-0.25, -0.2) is 23.5 Å². The first-order valence-corrected chi connectivity index (χ1v) is 9.93. The molecule has 1 aromatic carbocycles. The second-order valence-corrected chi connectivity index (χ2v) is 8.10. The summed E-state index contributed by atoms with van der Waals surface area (Å²) in [5, 5.41) is 17.6. The van der Waals surface area contributed by atoms with Gasteiger partial charge in [-0.05, 0) is 43.5 Å². The number of aromatic nitrogens is 2. The van der Waals surface area contributed by atoms with Crippen LogP contribution in [-0.4, -0.2) is 42.7 Å². The summed E-state index contributed by atoms with van der Waals surface area (Å²) in [6, 6.07) is 6.74. The first kappa shape index (κ1) is 18.6. The number of sulfonamides is 1. The number of rotatable bonds is 5. The van der Waals surface area contributed by atoms with Crippen LogP contribution >= 0.6 is 0 Å². The van der Waals surface area contributed by atoms with Gasteiger partial charge in [0.1, 0.15) is 17.5 Å². The van der Waals surface area contributed by atoms with Gasteiger partial charge < -0.3 is 15.3 Å². The molecule has 1 aromatic heterocycles. The second kappa shape index (κ2) is 7.18. The molecule has 1 aliphatic rings. The molecule has 0 aliphatic carbocycles. The van der Waals surface area contributed by atoms with E-state index in [1.165, 1.54) is 0 Å². The van der Waals surface area contributed by atoms with Crippen molar-refractivity contribution in [3.8, 4) is 0 Å². The molecule has 9 heteroatoms. The van der Waals surface area contributed by atoms with Crippen molar-refractivity contribution < 1.29 is 13.5 Å². The van der Waals surface area contributed by atoms with Gasteiger partial charge in [0.05, 0.1) is 11.5 Å². The van der Waals surface area contributed by atoms with E-state index in [1.807, 2.05) is 26.0 Å². The number of hydrogen-bond acceptors (Lipinski definition) is 7. The number of aliphatic hydroxyl groups is 1. The molecule has 1 aliphatic heterocycles. The third-order valence-corrected chi connectivity index (χ3v) is 5.25. The molecule has 26 heavy (non-hydrogen) atoms. The van der Waals surface area contributed by atoms with Crippen LogP contribution in [0.3, 0.4) is 0 Å². The monoisotopic (exact) mass is 377 g/mol. The van der Waals surface area contributed by atoms with Gasteiger partial charge in [-0.15, -0.1) is 0 Å². The lowest BCUT2D eigenvalue weighted by Gasteiger charge is -2.30. The van der Waals surface area contributed by atoms with E-state index in [1.54, 1.807) is 12.1 Å². The minimum absolute atomic E-state index is 0.00577. The number of nitrogens with one attached hydrogen (secondary N) is 1. The fraction of sp³-hybridized carbons (Fsp3) is 0.412. The molecular formula is C17H23N5O3S. The summed E-state index contributed by atoms with van der Waals surface area (Å²) in [6.45, 7) is 5.00. The zero-order chi connectivity index (χ0) is 18.9. The lowest BCUT2D eigenvalue weighted by Crippen LogP contribution is -2.32. The number of hydrogen-bond donors (Lipinski definition) is 3. The highest BCUT2D eigenvalue weighted by Crippen LogP contribution is 2.26. The minimum Gasteiger partial charge on any atom is -0.394 e. The molecule has 1 atom stereocenters. The summed E-state index contributed by atoms with van der Waals surface area (Å²) in [4.78, 5) is 11.1. The number of nitrogens with zero attached hydrogens (tertiary/aromatic N) is 3. The third-order valence-electron chi connectivity index (χ3n) is 4.34. The number of aryl methyl sites for hydroxylation is 1. The average Bonchev–Trinajstić information content (AvgIpc) is 2.59. The largest absolute Gasteiger partial charge is 0.394 e. The first-order chi connectivity index (χ1) is 12.3. The van der Waals surface area contributed by atoms with Crippen molar-refractivity contribution in [3.63, 3.8) is 0 Å². The zero-order valence-corrected chi connectivity index (χ0v) is 15.6. The second-order valence-electron chi connectivity index (χ2n) is 6.53. The fourth-order valence-electron chi connectivity index (χ4n) is 2.99. The number of aliphatic hydroxyl groups excluding tert-OH is 1. The molecule has 0 radical (unpaired) electrons. The Hall–Kier alpha value is -2.23. The van der Waals surface area contributed by atoms with E-state index in [2.05, 4.69) is 20.2 Å². The molecule has 0 amide bonds. The van der Waals surface area contributed by atoms with Crippen LogP contribution in [0.15, 0.2) is 29.2 Å². The molecule has 0 bridgehead atoms. The molecule has 4 N–H and O–H groups in total. The van der Waals surface area contributed by atoms with Crippen molar-refractivity contribution in [2.45, 2.75) is 37.8 Å². The van der Waals surface area contributed by atoms with Crippen molar-refractivity contribution in [3.05, 3.63) is 41.2 Å². The van der Waals surface area contributed by atoms with Crippen molar-refractivity contribution in [1.82, 2.24) is 9.97 Å². The topological polar surface area (TPSA) is 121 Å². The van der Waals surface area contributed by atoms with Crippen molar-refractivity contribution in [2.75, 3.05) is 23.4 Å². The van der Waals surface area contributed by atoms with Gasteiger partial charge in [0, 0.05) is 25.2 Å². The van der Waals surface area contributed by atoms with Gasteiger partial charge in [0.15, 0.2) is 0 Å². The van der Waals surface area contributed by atoms with Gasteiger partial charge in [-0.1, -0.05) is 6.07 Å². The smallest absolute Gasteiger partial charge is 0.238 e. The van der Waals surface area contributed by atoms with Gasteiger partial charge in [0.25, 0.3) is 0 Å². The van der Waals surface area contributed by atoms with Gasteiger partial charge in [-0.2, -0.15) is 0 Å². The molecule has 0 saturated carbocycles. The summed E-state index contributed by atoms with van der Waals surface area (Å²) >= 11 is 0. The van der Waals surface area contributed by atoms with Crippen molar-refractivity contribution in [1.29, 1.82) is 0 Å². The van der Waals surface area contributed by atoms with E-state index in [9.17, 15) is 13.5 Å². The summed E-state index contributed by atoms with van der Waals surface area (Å²) in [5.74, 6) is 2.04. The lowest BCUT2D eigenvalue weighted by molar-refractivity contribution is 0.281. The Kier molecular flexibility index (Phi) is 5.12. The Morgan fingerprint density at radius 3 is 2.77 bits per heavy atom. The van der Waals surface area contributed by atoms with E-state index >= 15 is 0 Å². The highest BCUT2D eigenvalue weighted by molar-refractivity contribution is 7.89.